The van der Waals surface area contributed by atoms with E-state index in [1.165, 1.54) is 0 Å². The van der Waals surface area contributed by atoms with Crippen molar-refractivity contribution >= 4 is 0 Å². The maximum Gasteiger partial charge on any atom is 0.0351 e. The fraction of sp³-hybridized carbons (Fsp3) is 1.00. The van der Waals surface area contributed by atoms with Gasteiger partial charge in [0, 0.05) is 22.8 Å². The molecule has 0 radical (unpaired) electrons. The number of hydrogen-bond donors (Lipinski definition) is 1. The lowest BCUT2D eigenvalue weighted by molar-refractivity contribution is 0.277. The van der Waals surface area contributed by atoms with Gasteiger partial charge in [0.2, 0.25) is 0 Å². The van der Waals surface area contributed by atoms with Crippen molar-refractivity contribution in [3.63, 3.8) is 0 Å². The maximum atomic E-state index is 7.00. The van der Waals surface area contributed by atoms with E-state index in [-0.39, 0.29) is 23.7 Å². The van der Waals surface area contributed by atoms with Crippen LogP contribution in [0.2, 0.25) is 0 Å². The first-order valence-corrected chi connectivity index (χ1v) is 1.26. The number of aliphatic hydroxyl groups is 1. The molecule has 0 aromatic heterocycles. The molecule has 0 bridgehead atoms. The standard InChI is InChI=1S/C2H6O.CH4O.3CH4.H2/c1-3-2;1-2;;;;/h1-2H3;2H,1H3;3*1H4;1H. The van der Waals surface area contributed by atoms with Gasteiger partial charge in [0.05, 0.1) is 0 Å². The molecular formula is C6H24O2. The lowest BCUT2D eigenvalue weighted by Gasteiger charge is -1.61. The average Bonchev–Trinajstić information content (AvgIpc) is 1.46. The first kappa shape index (κ1) is 44.5. The molecule has 0 fully saturated rings. The van der Waals surface area contributed by atoms with Crippen molar-refractivity contribution < 1.29 is 11.3 Å². The minimum atomic E-state index is 0. The van der Waals surface area contributed by atoms with Gasteiger partial charge < -0.3 is 9.84 Å². The Bertz CT molecular complexity index is 11.0. The van der Waals surface area contributed by atoms with Gasteiger partial charge in [0.15, 0.2) is 0 Å². The zero-order chi connectivity index (χ0) is 4.71. The lowest BCUT2D eigenvalue weighted by atomic mass is 11.6. The van der Waals surface area contributed by atoms with Gasteiger partial charge in [-0.1, -0.05) is 22.3 Å². The molecule has 0 atom stereocenters. The third kappa shape index (κ3) is 22400. The van der Waals surface area contributed by atoms with Crippen LogP contribution in [0, 0.1) is 0 Å². The van der Waals surface area contributed by atoms with E-state index in [9.17, 15) is 0 Å². The van der Waals surface area contributed by atoms with Crippen LogP contribution in [0.25, 0.3) is 0 Å². The van der Waals surface area contributed by atoms with Gasteiger partial charge in [-0.2, -0.15) is 0 Å². The Hall–Kier alpha value is -0.0800. The molecule has 0 amide bonds. The molecular weight excluding hydrogens is 104 g/mol. The zero-order valence-electron chi connectivity index (χ0n) is 3.86. The van der Waals surface area contributed by atoms with E-state index in [0.29, 0.717) is 0 Å². The Balaban J connectivity index is -0.00000000357. The number of ether oxygens (including phenoxy) is 1. The lowest BCUT2D eigenvalue weighted by Crippen LogP contribution is -1.55. The second-order valence-electron chi connectivity index (χ2n) is 0.408. The van der Waals surface area contributed by atoms with Crippen LogP contribution in [-0.4, -0.2) is 26.4 Å². The average molecular weight is 128 g/mol. The molecule has 0 aliphatic carbocycles. The van der Waals surface area contributed by atoms with Gasteiger partial charge in [-0.3, -0.25) is 0 Å². The molecule has 0 unspecified atom stereocenters. The van der Waals surface area contributed by atoms with Crippen LogP contribution in [0.1, 0.15) is 23.7 Å². The monoisotopic (exact) mass is 128 g/mol. The summed E-state index contributed by atoms with van der Waals surface area (Å²) in [6.45, 7) is 0. The quantitative estimate of drug-likeness (QED) is 0.541. The number of methoxy groups -OCH3 is 1. The molecule has 0 rings (SSSR count). The van der Waals surface area contributed by atoms with Crippen LogP contribution in [0.15, 0.2) is 0 Å². The van der Waals surface area contributed by atoms with E-state index in [4.69, 9.17) is 5.11 Å². The Morgan fingerprint density at radius 3 is 1.00 bits per heavy atom. The normalized spacial score (nSPS) is 3.00. The van der Waals surface area contributed by atoms with Gasteiger partial charge in [-0.15, -0.1) is 0 Å². The first-order chi connectivity index (χ1) is 2.41. The SMILES string of the molecule is C.C.C.CO.COC.[HH]. The third-order valence-corrected chi connectivity index (χ3v) is 0. The summed E-state index contributed by atoms with van der Waals surface area (Å²) >= 11 is 0. The molecule has 0 spiro atoms. The van der Waals surface area contributed by atoms with Gasteiger partial charge in [-0.05, 0) is 0 Å². The van der Waals surface area contributed by atoms with Crippen LogP contribution >= 0.6 is 0 Å². The Kier molecular flexibility index (Phi) is 1590. The molecule has 60 valence electrons. The zero-order valence-corrected chi connectivity index (χ0v) is 3.86. The molecule has 0 aromatic rings. The van der Waals surface area contributed by atoms with E-state index < -0.39 is 0 Å². The molecule has 0 saturated carbocycles. The number of hydrogen-bond acceptors (Lipinski definition) is 2. The summed E-state index contributed by atoms with van der Waals surface area (Å²) in [6.07, 6.45) is 0. The second kappa shape index (κ2) is 287. The van der Waals surface area contributed by atoms with E-state index in [2.05, 4.69) is 4.74 Å². The summed E-state index contributed by atoms with van der Waals surface area (Å²) in [4.78, 5) is 0. The summed E-state index contributed by atoms with van der Waals surface area (Å²) < 4.78 is 4.25. The maximum absolute atomic E-state index is 7.00. The van der Waals surface area contributed by atoms with Crippen molar-refractivity contribution in [3.8, 4) is 0 Å². The van der Waals surface area contributed by atoms with Gasteiger partial charge in [0.1, 0.15) is 0 Å². The van der Waals surface area contributed by atoms with Crippen molar-refractivity contribution in [1.29, 1.82) is 0 Å². The van der Waals surface area contributed by atoms with E-state index in [1.807, 2.05) is 0 Å². The van der Waals surface area contributed by atoms with Crippen LogP contribution in [-0.2, 0) is 4.74 Å². The summed E-state index contributed by atoms with van der Waals surface area (Å²) in [7, 11) is 4.25. The second-order valence-corrected chi connectivity index (χ2v) is 0.408. The first-order valence-electron chi connectivity index (χ1n) is 1.26. The third-order valence-electron chi connectivity index (χ3n) is 0. The predicted molar refractivity (Wildman–Crippen MR) is 43.4 cm³/mol. The minimum absolute atomic E-state index is 0. The molecule has 0 saturated heterocycles. The summed E-state index contributed by atoms with van der Waals surface area (Å²) in [5, 5.41) is 7.00. The van der Waals surface area contributed by atoms with Crippen LogP contribution < -0.4 is 0 Å². The van der Waals surface area contributed by atoms with Crippen LogP contribution in [0.3, 0.4) is 0 Å². The minimum Gasteiger partial charge on any atom is -0.400 e. The van der Waals surface area contributed by atoms with Crippen LogP contribution in [0.5, 0.6) is 0 Å². The van der Waals surface area contributed by atoms with E-state index in [0.717, 1.165) is 7.11 Å². The molecule has 0 aromatic carbocycles. The van der Waals surface area contributed by atoms with Crippen molar-refractivity contribution in [1.82, 2.24) is 0 Å². The van der Waals surface area contributed by atoms with Crippen molar-refractivity contribution in [2.24, 2.45) is 0 Å². The Morgan fingerprint density at radius 2 is 1.00 bits per heavy atom. The predicted octanol–water partition coefficient (Wildman–Crippen LogP) is 2.03. The summed E-state index contributed by atoms with van der Waals surface area (Å²) in [5.74, 6) is 0. The number of aliphatic hydroxyl groups excluding tert-OH is 1. The Morgan fingerprint density at radius 1 is 1.00 bits per heavy atom. The molecule has 8 heavy (non-hydrogen) atoms. The van der Waals surface area contributed by atoms with Crippen LogP contribution in [0.4, 0.5) is 0 Å². The Labute approximate surface area is 56.0 Å². The summed E-state index contributed by atoms with van der Waals surface area (Å²) in [6, 6.07) is 0. The van der Waals surface area contributed by atoms with Gasteiger partial charge in [0.25, 0.3) is 0 Å². The molecule has 0 heterocycles. The van der Waals surface area contributed by atoms with E-state index in [1.54, 1.807) is 14.2 Å². The summed E-state index contributed by atoms with van der Waals surface area (Å²) in [5.41, 5.74) is 0. The molecule has 2 heteroatoms. The molecule has 1 N–H and O–H groups in total. The molecule has 2 nitrogen and oxygen atoms in total. The van der Waals surface area contributed by atoms with Gasteiger partial charge in [-0.25, -0.2) is 0 Å². The highest BCUT2D eigenvalue weighted by Gasteiger charge is 1.25. The van der Waals surface area contributed by atoms with Crippen molar-refractivity contribution in [2.75, 3.05) is 21.3 Å². The van der Waals surface area contributed by atoms with E-state index >= 15 is 0 Å². The highest BCUT2D eigenvalue weighted by molar-refractivity contribution is 3.56. The smallest absolute Gasteiger partial charge is 0.0351 e. The fourth-order valence-corrected chi connectivity index (χ4v) is 0. The molecule has 0 aliphatic heterocycles. The van der Waals surface area contributed by atoms with Crippen molar-refractivity contribution in [2.45, 2.75) is 22.3 Å². The van der Waals surface area contributed by atoms with Gasteiger partial charge >= 0.3 is 0 Å². The highest BCUT2D eigenvalue weighted by atomic mass is 16.4. The number of rotatable bonds is 0. The fourth-order valence-electron chi connectivity index (χ4n) is 0. The largest absolute Gasteiger partial charge is 0.400 e. The topological polar surface area (TPSA) is 29.5 Å². The molecule has 0 aliphatic rings. The highest BCUT2D eigenvalue weighted by Crippen LogP contribution is 1.28. The van der Waals surface area contributed by atoms with Crippen molar-refractivity contribution in [3.05, 3.63) is 0 Å².